The highest BCUT2D eigenvalue weighted by atomic mass is 32.2. The molecule has 3 aromatic heterocycles. The van der Waals surface area contributed by atoms with Crippen LogP contribution < -0.4 is 10.1 Å². The predicted molar refractivity (Wildman–Crippen MR) is 113 cm³/mol. The third kappa shape index (κ3) is 4.76. The van der Waals surface area contributed by atoms with Gasteiger partial charge in [0, 0.05) is 46.7 Å². The van der Waals surface area contributed by atoms with Crippen LogP contribution in [0.15, 0.2) is 64.6 Å². The number of hydrogen-bond donors (Lipinski definition) is 3. The molecular weight excluding hydrogens is 424 g/mol. The third-order valence-corrected chi connectivity index (χ3v) is 5.55. The lowest BCUT2D eigenvalue weighted by molar-refractivity contribution is 0.0897. The van der Waals surface area contributed by atoms with E-state index in [-0.39, 0.29) is 5.82 Å². The number of hydrogen-bond acceptors (Lipinski definition) is 10. The van der Waals surface area contributed by atoms with Gasteiger partial charge in [-0.15, -0.1) is 0 Å². The van der Waals surface area contributed by atoms with Crippen LogP contribution >= 0.6 is 23.3 Å². The average molecular weight is 443 g/mol. The van der Waals surface area contributed by atoms with Gasteiger partial charge in [0.1, 0.15) is 6.10 Å². The second-order valence-corrected chi connectivity index (χ2v) is 8.01. The van der Waals surface area contributed by atoms with E-state index < -0.39 is 12.7 Å². The van der Waals surface area contributed by atoms with E-state index in [0.717, 1.165) is 21.3 Å². The molecule has 0 saturated carbocycles. The van der Waals surface area contributed by atoms with Crippen LogP contribution in [0.5, 0.6) is 11.6 Å². The molecule has 0 aliphatic rings. The fourth-order valence-corrected chi connectivity index (χ4v) is 3.91. The Morgan fingerprint density at radius 2 is 2.07 bits per heavy atom. The molecule has 0 aliphatic heterocycles. The molecule has 0 fully saturated rings. The van der Waals surface area contributed by atoms with Crippen molar-refractivity contribution in [1.82, 2.24) is 24.1 Å². The number of nitrogens with one attached hydrogen (secondary N) is 1. The molecule has 0 spiro atoms. The van der Waals surface area contributed by atoms with Gasteiger partial charge in [-0.1, -0.05) is 30.0 Å². The summed E-state index contributed by atoms with van der Waals surface area (Å²) in [5, 5.41) is 26.4. The smallest absolute Gasteiger partial charge is 0.217 e. The molecule has 0 amide bonds. The summed E-state index contributed by atoms with van der Waals surface area (Å²) in [6, 6.07) is 13.6. The number of aromatic nitrogens is 5. The number of ether oxygens (including phenoxy) is 1. The van der Waals surface area contributed by atoms with Crippen LogP contribution in [-0.2, 0) is 7.05 Å². The molecule has 4 aromatic rings. The van der Waals surface area contributed by atoms with Crippen LogP contribution in [0.25, 0.3) is 0 Å². The first-order valence-corrected chi connectivity index (χ1v) is 10.5. The molecule has 1 atom stereocenters. The maximum absolute atomic E-state index is 9.69. The summed E-state index contributed by atoms with van der Waals surface area (Å²) in [5.41, 5.74) is 0. The van der Waals surface area contributed by atoms with Crippen LogP contribution in [-0.4, -0.2) is 40.9 Å². The molecule has 11 heteroatoms. The number of pyridine rings is 1. The maximum atomic E-state index is 9.69. The molecule has 1 aromatic carbocycles. The van der Waals surface area contributed by atoms with E-state index in [9.17, 15) is 5.11 Å². The van der Waals surface area contributed by atoms with Crippen molar-refractivity contribution >= 4 is 34.2 Å². The monoisotopic (exact) mass is 442 g/mol. The summed E-state index contributed by atoms with van der Waals surface area (Å²) in [6.45, 7) is -0.450. The van der Waals surface area contributed by atoms with Gasteiger partial charge >= 0.3 is 0 Å². The highest BCUT2D eigenvalue weighted by Crippen LogP contribution is 2.36. The molecule has 0 saturated heterocycles. The molecule has 9 nitrogen and oxygen atoms in total. The Morgan fingerprint density at radius 3 is 2.80 bits per heavy atom. The van der Waals surface area contributed by atoms with Crippen LogP contribution in [0, 0.1) is 0 Å². The van der Waals surface area contributed by atoms with Gasteiger partial charge in [-0.3, -0.25) is 0 Å². The highest BCUT2D eigenvalue weighted by Gasteiger charge is 2.16. The van der Waals surface area contributed by atoms with Crippen LogP contribution in [0.2, 0.25) is 0 Å². The minimum atomic E-state index is -1.13. The maximum Gasteiger partial charge on any atom is 0.217 e. The summed E-state index contributed by atoms with van der Waals surface area (Å²) in [7, 11) is 1.78. The fraction of sp³-hybridized carbons (Fsp3) is 0.158. The summed E-state index contributed by atoms with van der Waals surface area (Å²) in [5.74, 6) is 1.62. The van der Waals surface area contributed by atoms with Gasteiger partial charge in [-0.2, -0.15) is 9.47 Å². The first kappa shape index (κ1) is 20.3. The molecule has 0 bridgehead atoms. The third-order valence-electron chi connectivity index (χ3n) is 3.94. The summed E-state index contributed by atoms with van der Waals surface area (Å²) in [6.07, 6.45) is 2.26. The van der Waals surface area contributed by atoms with Crippen molar-refractivity contribution in [1.29, 1.82) is 0 Å². The second-order valence-electron chi connectivity index (χ2n) is 6.11. The van der Waals surface area contributed by atoms with Crippen LogP contribution in [0.4, 0.5) is 10.9 Å². The number of aliphatic hydroxyl groups is 2. The van der Waals surface area contributed by atoms with Crippen molar-refractivity contribution in [3.05, 3.63) is 60.7 Å². The van der Waals surface area contributed by atoms with Gasteiger partial charge in [-0.05, 0) is 12.1 Å². The van der Waals surface area contributed by atoms with Gasteiger partial charge in [0.25, 0.3) is 0 Å². The number of aliphatic hydroxyl groups excluding tert-OH is 2. The predicted octanol–water partition coefficient (Wildman–Crippen LogP) is 3.38. The molecule has 3 N–H and O–H groups in total. The normalized spacial score (nSPS) is 12.0. The van der Waals surface area contributed by atoms with Gasteiger partial charge in [0.15, 0.2) is 17.4 Å². The SMILES string of the molecule is Cn1nccc1Oc1cc(Sc2ccccc2)cnc1Nc1nc(C(O)CO)ns1. The number of anilines is 2. The van der Waals surface area contributed by atoms with E-state index in [4.69, 9.17) is 9.84 Å². The largest absolute Gasteiger partial charge is 0.435 e. The Hall–Kier alpha value is -2.99. The quantitative estimate of drug-likeness (QED) is 0.377. The minimum absolute atomic E-state index is 0.148. The lowest BCUT2D eigenvalue weighted by atomic mass is 10.4. The van der Waals surface area contributed by atoms with Crippen molar-refractivity contribution in [2.45, 2.75) is 15.9 Å². The zero-order valence-corrected chi connectivity index (χ0v) is 17.5. The number of rotatable bonds is 8. The molecule has 30 heavy (non-hydrogen) atoms. The van der Waals surface area contributed by atoms with Gasteiger partial charge in [0.05, 0.1) is 12.8 Å². The van der Waals surface area contributed by atoms with E-state index in [1.54, 1.807) is 42.0 Å². The number of nitrogens with zero attached hydrogens (tertiary/aromatic N) is 5. The molecule has 154 valence electrons. The van der Waals surface area contributed by atoms with Crippen LogP contribution in [0.3, 0.4) is 0 Å². The molecule has 0 radical (unpaired) electrons. The fourth-order valence-electron chi connectivity index (χ4n) is 2.46. The van der Waals surface area contributed by atoms with E-state index in [1.165, 1.54) is 0 Å². The zero-order chi connectivity index (χ0) is 20.9. The molecule has 3 heterocycles. The van der Waals surface area contributed by atoms with Crippen molar-refractivity contribution in [2.24, 2.45) is 7.05 Å². The number of aryl methyl sites for hydroxylation is 1. The molecule has 0 aliphatic carbocycles. The van der Waals surface area contributed by atoms with Gasteiger partial charge < -0.3 is 20.3 Å². The van der Waals surface area contributed by atoms with Gasteiger partial charge in [-0.25, -0.2) is 14.6 Å². The second kappa shape index (κ2) is 9.22. The average Bonchev–Trinajstić information content (AvgIpc) is 3.39. The summed E-state index contributed by atoms with van der Waals surface area (Å²) < 4.78 is 11.7. The molecule has 4 rings (SSSR count). The molecule has 1 unspecified atom stereocenters. The van der Waals surface area contributed by atoms with Crippen molar-refractivity contribution in [2.75, 3.05) is 11.9 Å². The zero-order valence-electron chi connectivity index (χ0n) is 15.8. The van der Waals surface area contributed by atoms with Crippen molar-refractivity contribution in [3.8, 4) is 11.6 Å². The lowest BCUT2D eigenvalue weighted by Gasteiger charge is -2.12. The first-order chi connectivity index (χ1) is 14.6. The summed E-state index contributed by atoms with van der Waals surface area (Å²) >= 11 is 2.62. The minimum Gasteiger partial charge on any atom is -0.435 e. The van der Waals surface area contributed by atoms with E-state index in [1.807, 2.05) is 36.4 Å². The Balaban J connectivity index is 1.62. The van der Waals surface area contributed by atoms with E-state index >= 15 is 0 Å². The Labute approximate surface area is 180 Å². The Kier molecular flexibility index (Phi) is 6.23. The van der Waals surface area contributed by atoms with E-state index in [0.29, 0.717) is 22.6 Å². The number of benzene rings is 1. The topological polar surface area (TPSA) is 118 Å². The highest BCUT2D eigenvalue weighted by molar-refractivity contribution is 7.99. The standard InChI is InChI=1S/C19H18N6O3S2/c1-25-16(7-8-21-25)28-15-9-13(29-12-5-3-2-4-6-12)10-20-18(15)23-19-22-17(24-30-19)14(27)11-26/h2-10,14,26-27H,11H2,1H3,(H,20,22,23,24). The summed E-state index contributed by atoms with van der Waals surface area (Å²) in [4.78, 5) is 10.7. The van der Waals surface area contributed by atoms with Crippen molar-refractivity contribution in [3.63, 3.8) is 0 Å². The van der Waals surface area contributed by atoms with Crippen molar-refractivity contribution < 1.29 is 14.9 Å². The first-order valence-electron chi connectivity index (χ1n) is 8.90. The Morgan fingerprint density at radius 1 is 1.23 bits per heavy atom. The molecular formula is C19H18N6O3S2. The Bertz CT molecular complexity index is 1120. The van der Waals surface area contributed by atoms with E-state index in [2.05, 4.69) is 24.8 Å². The van der Waals surface area contributed by atoms with Gasteiger partial charge in [0.2, 0.25) is 11.0 Å². The lowest BCUT2D eigenvalue weighted by Crippen LogP contribution is -2.05. The van der Waals surface area contributed by atoms with Crippen LogP contribution in [0.1, 0.15) is 11.9 Å².